The molecular weight excluding hydrogens is 481 g/mol. The van der Waals surface area contributed by atoms with Crippen molar-refractivity contribution in [1.29, 1.82) is 0 Å². The fourth-order valence-corrected chi connectivity index (χ4v) is 3.94. The van der Waals surface area contributed by atoms with Crippen LogP contribution >= 0.6 is 0 Å². The first-order chi connectivity index (χ1) is 17.7. The van der Waals surface area contributed by atoms with Crippen LogP contribution in [-0.2, 0) is 21.0 Å². The topological polar surface area (TPSA) is 119 Å². The number of pyridine rings is 1. The molecule has 2 aromatic rings. The van der Waals surface area contributed by atoms with E-state index in [4.69, 9.17) is 4.84 Å². The molecule has 1 aromatic carbocycles. The zero-order valence-electron chi connectivity index (χ0n) is 21.4. The Morgan fingerprint density at radius 1 is 1.08 bits per heavy atom. The van der Waals surface area contributed by atoms with E-state index in [0.717, 1.165) is 5.69 Å². The first-order valence-electron chi connectivity index (χ1n) is 12.1. The van der Waals surface area contributed by atoms with E-state index in [1.807, 2.05) is 11.9 Å². The molecule has 200 valence electrons. The van der Waals surface area contributed by atoms with Crippen molar-refractivity contribution in [2.75, 3.05) is 50.0 Å². The van der Waals surface area contributed by atoms with Crippen molar-refractivity contribution in [1.82, 2.24) is 25.4 Å². The van der Waals surface area contributed by atoms with Crippen molar-refractivity contribution in [3.63, 3.8) is 0 Å². The minimum atomic E-state index is -0.554. The number of benzene rings is 1. The predicted octanol–water partition coefficient (Wildman–Crippen LogP) is 2.51. The van der Waals surface area contributed by atoms with Gasteiger partial charge in [0.25, 0.3) is 0 Å². The van der Waals surface area contributed by atoms with Gasteiger partial charge in [-0.1, -0.05) is 12.1 Å². The quantitative estimate of drug-likeness (QED) is 0.329. The summed E-state index contributed by atoms with van der Waals surface area (Å²) >= 11 is 0. The molecular formula is C25H34FN7O4. The first kappa shape index (κ1) is 28.0. The normalized spacial score (nSPS) is 14.2. The fraction of sp³-hybridized carbons (Fsp3) is 0.440. The number of aryl methyl sites for hydroxylation is 1. The average Bonchev–Trinajstić information content (AvgIpc) is 2.85. The van der Waals surface area contributed by atoms with Crippen LogP contribution in [0.5, 0.6) is 0 Å². The molecule has 0 saturated carbocycles. The van der Waals surface area contributed by atoms with Gasteiger partial charge in [0, 0.05) is 64.4 Å². The molecule has 0 unspecified atom stereocenters. The summed E-state index contributed by atoms with van der Waals surface area (Å²) in [5, 5.41) is 8.87. The Balaban J connectivity index is 1.49. The maximum Gasteiger partial charge on any atom is 0.323 e. The Labute approximate surface area is 215 Å². The van der Waals surface area contributed by atoms with Gasteiger partial charge in [-0.15, -0.1) is 0 Å². The van der Waals surface area contributed by atoms with Crippen molar-refractivity contribution in [2.45, 2.75) is 33.7 Å². The highest BCUT2D eigenvalue weighted by atomic mass is 19.1. The van der Waals surface area contributed by atoms with E-state index < -0.39 is 11.8 Å². The summed E-state index contributed by atoms with van der Waals surface area (Å²) in [5.41, 5.74) is 4.17. The highest BCUT2D eigenvalue weighted by Crippen LogP contribution is 2.21. The number of nitrogens with one attached hydrogen (secondary N) is 3. The van der Waals surface area contributed by atoms with Crippen molar-refractivity contribution >= 4 is 29.2 Å². The minimum Gasteiger partial charge on any atom is -0.306 e. The van der Waals surface area contributed by atoms with Crippen LogP contribution in [0.25, 0.3) is 0 Å². The van der Waals surface area contributed by atoms with Gasteiger partial charge >= 0.3 is 6.03 Å². The Bertz CT molecular complexity index is 1080. The summed E-state index contributed by atoms with van der Waals surface area (Å²) in [5.74, 6) is -0.829. The number of hydrazine groups is 1. The predicted molar refractivity (Wildman–Crippen MR) is 137 cm³/mol. The average molecular weight is 516 g/mol. The van der Waals surface area contributed by atoms with Crippen LogP contribution < -0.4 is 16.1 Å². The van der Waals surface area contributed by atoms with Crippen LogP contribution in [0, 0.1) is 12.7 Å². The number of anilines is 2. The van der Waals surface area contributed by atoms with Gasteiger partial charge in [0.15, 0.2) is 5.82 Å². The van der Waals surface area contributed by atoms with E-state index >= 15 is 4.39 Å². The van der Waals surface area contributed by atoms with E-state index in [1.165, 1.54) is 26.1 Å². The smallest absolute Gasteiger partial charge is 0.306 e. The number of aromatic nitrogens is 1. The van der Waals surface area contributed by atoms with Gasteiger partial charge in [-0.25, -0.2) is 19.7 Å². The molecule has 0 bridgehead atoms. The third kappa shape index (κ3) is 8.77. The summed E-state index contributed by atoms with van der Waals surface area (Å²) in [7, 11) is 0. The second-order valence-corrected chi connectivity index (χ2v) is 8.78. The van der Waals surface area contributed by atoms with E-state index in [9.17, 15) is 14.4 Å². The van der Waals surface area contributed by atoms with Crippen LogP contribution in [0.15, 0.2) is 36.5 Å². The van der Waals surface area contributed by atoms with Crippen molar-refractivity contribution < 1.29 is 23.6 Å². The second kappa shape index (κ2) is 13.6. The molecule has 2 heterocycles. The second-order valence-electron chi connectivity index (χ2n) is 8.78. The molecule has 0 spiro atoms. The van der Waals surface area contributed by atoms with Crippen molar-refractivity contribution in [3.8, 4) is 0 Å². The van der Waals surface area contributed by atoms with Crippen molar-refractivity contribution in [2.24, 2.45) is 0 Å². The Kier molecular flexibility index (Phi) is 10.3. The SMILES string of the molecule is CC(=O)NOCCCN(C(C)=O)N1CCN(Cc2cccc(NC(=O)Nc3ccc(C)nc3)c2F)CC1. The van der Waals surface area contributed by atoms with Crippen LogP contribution in [-0.4, -0.2) is 77.1 Å². The molecule has 11 nitrogen and oxygen atoms in total. The number of halogens is 1. The summed E-state index contributed by atoms with van der Waals surface area (Å²) in [6.07, 6.45) is 2.10. The molecule has 12 heteroatoms. The number of hydrogen-bond acceptors (Lipinski definition) is 7. The van der Waals surface area contributed by atoms with Gasteiger partial charge in [0.05, 0.1) is 24.2 Å². The largest absolute Gasteiger partial charge is 0.323 e. The Morgan fingerprint density at radius 2 is 1.84 bits per heavy atom. The lowest BCUT2D eigenvalue weighted by Crippen LogP contribution is -2.55. The molecule has 3 rings (SSSR count). The zero-order chi connectivity index (χ0) is 26.8. The lowest BCUT2D eigenvalue weighted by molar-refractivity contribution is -0.151. The molecule has 0 aliphatic carbocycles. The van der Waals surface area contributed by atoms with Crippen LogP contribution in [0.4, 0.5) is 20.6 Å². The number of carbonyl (C=O) groups excluding carboxylic acids is 3. The first-order valence-corrected chi connectivity index (χ1v) is 12.1. The van der Waals surface area contributed by atoms with Gasteiger partial charge in [-0.2, -0.15) is 0 Å². The molecule has 1 aliphatic heterocycles. The van der Waals surface area contributed by atoms with Gasteiger partial charge in [0.2, 0.25) is 11.8 Å². The number of urea groups is 1. The number of piperazine rings is 1. The lowest BCUT2D eigenvalue weighted by Gasteiger charge is -2.40. The maximum atomic E-state index is 15.2. The number of rotatable bonds is 10. The highest BCUT2D eigenvalue weighted by molar-refractivity contribution is 5.99. The Hall–Kier alpha value is -3.61. The number of carbonyl (C=O) groups is 3. The molecule has 3 N–H and O–H groups in total. The number of amides is 4. The third-order valence-corrected chi connectivity index (χ3v) is 5.78. The maximum absolute atomic E-state index is 15.2. The zero-order valence-corrected chi connectivity index (χ0v) is 21.4. The van der Waals surface area contributed by atoms with Gasteiger partial charge in [0.1, 0.15) is 0 Å². The molecule has 0 atom stereocenters. The molecule has 0 radical (unpaired) electrons. The highest BCUT2D eigenvalue weighted by Gasteiger charge is 2.24. The molecule has 1 aromatic heterocycles. The molecule has 1 fully saturated rings. The minimum absolute atomic E-state index is 0.0718. The third-order valence-electron chi connectivity index (χ3n) is 5.78. The van der Waals surface area contributed by atoms with Gasteiger partial charge < -0.3 is 10.6 Å². The van der Waals surface area contributed by atoms with Crippen LogP contribution in [0.1, 0.15) is 31.5 Å². The number of nitrogens with zero attached hydrogens (tertiary/aromatic N) is 4. The molecule has 4 amide bonds. The summed E-state index contributed by atoms with van der Waals surface area (Å²) < 4.78 is 15.2. The number of hydrogen-bond donors (Lipinski definition) is 3. The summed E-state index contributed by atoms with van der Waals surface area (Å²) in [4.78, 5) is 46.6. The lowest BCUT2D eigenvalue weighted by atomic mass is 10.1. The van der Waals surface area contributed by atoms with Crippen LogP contribution in [0.3, 0.4) is 0 Å². The van der Waals surface area contributed by atoms with E-state index in [2.05, 4.69) is 26.0 Å². The van der Waals surface area contributed by atoms with Gasteiger partial charge in [-0.3, -0.25) is 29.3 Å². The van der Waals surface area contributed by atoms with Gasteiger partial charge in [-0.05, 0) is 31.5 Å². The summed E-state index contributed by atoms with van der Waals surface area (Å²) in [6.45, 7) is 8.37. The fourth-order valence-electron chi connectivity index (χ4n) is 3.94. The molecule has 37 heavy (non-hydrogen) atoms. The standard InChI is InChI=1S/C25H34FN7O4/c1-18-8-9-22(16-27-18)28-25(36)29-23-7-4-6-21(24(23)26)17-31-11-13-32(14-12-31)33(20(3)35)10-5-15-37-30-19(2)34/h4,6-9,16H,5,10-15,17H2,1-3H3,(H,30,34)(H2,28,29,36). The molecule has 1 aliphatic rings. The van der Waals surface area contributed by atoms with E-state index in [1.54, 1.807) is 29.3 Å². The van der Waals surface area contributed by atoms with E-state index in [-0.39, 0.29) is 17.5 Å². The van der Waals surface area contributed by atoms with Crippen LogP contribution in [0.2, 0.25) is 0 Å². The summed E-state index contributed by atoms with van der Waals surface area (Å²) in [6, 6.07) is 7.87. The monoisotopic (exact) mass is 515 g/mol. The number of hydroxylamine groups is 1. The van der Waals surface area contributed by atoms with Crippen molar-refractivity contribution in [3.05, 3.63) is 53.6 Å². The van der Waals surface area contributed by atoms with E-state index in [0.29, 0.717) is 63.5 Å². The Morgan fingerprint density at radius 3 is 2.49 bits per heavy atom. The molecule has 1 saturated heterocycles.